The van der Waals surface area contributed by atoms with Crippen molar-refractivity contribution in [1.29, 1.82) is 0 Å². The molecule has 1 aliphatic rings. The van der Waals surface area contributed by atoms with E-state index in [2.05, 4.69) is 17.2 Å². The lowest BCUT2D eigenvalue weighted by molar-refractivity contribution is 0.0947. The first kappa shape index (κ1) is 11.4. The number of aryl methyl sites for hydroxylation is 1. The highest BCUT2D eigenvalue weighted by Gasteiger charge is 2.40. The molecule has 0 saturated heterocycles. The van der Waals surface area contributed by atoms with Crippen molar-refractivity contribution < 1.29 is 4.79 Å². The van der Waals surface area contributed by atoms with Crippen molar-refractivity contribution in [2.45, 2.75) is 33.1 Å². The predicted molar refractivity (Wildman–Crippen MR) is 65.6 cm³/mol. The van der Waals surface area contributed by atoms with Crippen LogP contribution in [0.1, 0.15) is 41.6 Å². The number of nitrogen functional groups attached to an aromatic ring is 1. The summed E-state index contributed by atoms with van der Waals surface area (Å²) in [7, 11) is 0. The number of aromatic nitrogens is 1. The molecule has 3 N–H and O–H groups in total. The van der Waals surface area contributed by atoms with Gasteiger partial charge in [0, 0.05) is 6.54 Å². The van der Waals surface area contributed by atoms with Crippen LogP contribution in [0.25, 0.3) is 0 Å². The third-order valence-electron chi connectivity index (χ3n) is 3.35. The zero-order valence-corrected chi connectivity index (χ0v) is 10.5. The van der Waals surface area contributed by atoms with Crippen molar-refractivity contribution in [2.24, 2.45) is 5.41 Å². The summed E-state index contributed by atoms with van der Waals surface area (Å²) >= 11 is 1.26. The van der Waals surface area contributed by atoms with Gasteiger partial charge < -0.3 is 11.1 Å². The van der Waals surface area contributed by atoms with Gasteiger partial charge >= 0.3 is 0 Å². The maximum atomic E-state index is 11.9. The SMILES string of the molecule is CCC1(CNC(=O)c2sc(N)nc2C)CC1. The summed E-state index contributed by atoms with van der Waals surface area (Å²) in [5.41, 5.74) is 6.66. The second-order valence-corrected chi connectivity index (χ2v) is 5.53. The molecule has 1 aromatic rings. The van der Waals surface area contributed by atoms with Crippen molar-refractivity contribution in [1.82, 2.24) is 10.3 Å². The van der Waals surface area contributed by atoms with Crippen molar-refractivity contribution in [2.75, 3.05) is 12.3 Å². The van der Waals surface area contributed by atoms with E-state index in [4.69, 9.17) is 5.73 Å². The Labute approximate surface area is 99.3 Å². The van der Waals surface area contributed by atoms with Gasteiger partial charge in [0.2, 0.25) is 0 Å². The van der Waals surface area contributed by atoms with Crippen LogP contribution >= 0.6 is 11.3 Å². The van der Waals surface area contributed by atoms with Gasteiger partial charge in [-0.05, 0) is 31.6 Å². The third kappa shape index (κ3) is 2.19. The van der Waals surface area contributed by atoms with Crippen LogP contribution in [0.5, 0.6) is 0 Å². The van der Waals surface area contributed by atoms with E-state index in [-0.39, 0.29) is 5.91 Å². The molecule has 1 aromatic heterocycles. The van der Waals surface area contributed by atoms with Crippen molar-refractivity contribution in [3.63, 3.8) is 0 Å². The normalized spacial score (nSPS) is 17.1. The van der Waals surface area contributed by atoms with E-state index in [1.54, 1.807) is 0 Å². The standard InChI is InChI=1S/C11H17N3OS/c1-3-11(4-5-11)6-13-9(15)8-7(2)14-10(12)16-8/h3-6H2,1-2H3,(H2,12,14)(H,13,15). The minimum Gasteiger partial charge on any atom is -0.375 e. The highest BCUT2D eigenvalue weighted by Crippen LogP contribution is 2.47. The van der Waals surface area contributed by atoms with Gasteiger partial charge in [-0.15, -0.1) is 0 Å². The first-order valence-corrected chi connectivity index (χ1v) is 6.39. The van der Waals surface area contributed by atoms with E-state index < -0.39 is 0 Å². The molecule has 1 saturated carbocycles. The topological polar surface area (TPSA) is 68.0 Å². The number of nitrogens with zero attached hydrogens (tertiary/aromatic N) is 1. The van der Waals surface area contributed by atoms with Gasteiger partial charge in [0.25, 0.3) is 5.91 Å². The van der Waals surface area contributed by atoms with E-state index in [9.17, 15) is 4.79 Å². The van der Waals surface area contributed by atoms with Crippen molar-refractivity contribution >= 4 is 22.4 Å². The lowest BCUT2D eigenvalue weighted by Crippen LogP contribution is -2.29. The predicted octanol–water partition coefficient (Wildman–Crippen LogP) is 1.95. The fourth-order valence-corrected chi connectivity index (χ4v) is 2.56. The Balaban J connectivity index is 1.96. The molecule has 4 nitrogen and oxygen atoms in total. The number of amides is 1. The molecule has 16 heavy (non-hydrogen) atoms. The molecule has 1 fully saturated rings. The lowest BCUT2D eigenvalue weighted by Gasteiger charge is -2.12. The molecule has 5 heteroatoms. The Morgan fingerprint density at radius 3 is 2.75 bits per heavy atom. The van der Waals surface area contributed by atoms with Gasteiger partial charge in [0.1, 0.15) is 4.88 Å². The van der Waals surface area contributed by atoms with Gasteiger partial charge in [0.05, 0.1) is 5.69 Å². The van der Waals surface area contributed by atoms with Crippen molar-refractivity contribution in [3.8, 4) is 0 Å². The van der Waals surface area contributed by atoms with Crippen LogP contribution in [0.15, 0.2) is 0 Å². The Hall–Kier alpha value is -1.10. The second-order valence-electron chi connectivity index (χ2n) is 4.50. The molecule has 0 radical (unpaired) electrons. The summed E-state index contributed by atoms with van der Waals surface area (Å²) in [5, 5.41) is 3.44. The zero-order valence-electron chi connectivity index (χ0n) is 9.67. The molecule has 0 bridgehead atoms. The van der Waals surface area contributed by atoms with Gasteiger partial charge in [-0.3, -0.25) is 4.79 Å². The van der Waals surface area contributed by atoms with Crippen LogP contribution in [0.4, 0.5) is 5.13 Å². The maximum absolute atomic E-state index is 11.9. The van der Waals surface area contributed by atoms with Gasteiger partial charge in [0.15, 0.2) is 5.13 Å². The second kappa shape index (κ2) is 4.05. The van der Waals surface area contributed by atoms with Crippen LogP contribution in [0.3, 0.4) is 0 Å². The minimum absolute atomic E-state index is 0.0357. The molecule has 0 aromatic carbocycles. The summed E-state index contributed by atoms with van der Waals surface area (Å²) < 4.78 is 0. The summed E-state index contributed by atoms with van der Waals surface area (Å²) in [6.45, 7) is 4.77. The van der Waals surface area contributed by atoms with Crippen LogP contribution in [0.2, 0.25) is 0 Å². The highest BCUT2D eigenvalue weighted by atomic mass is 32.1. The molecule has 2 rings (SSSR count). The molecule has 1 heterocycles. The van der Waals surface area contributed by atoms with E-state index >= 15 is 0 Å². The largest absolute Gasteiger partial charge is 0.375 e. The number of carbonyl (C=O) groups excluding carboxylic acids is 1. The van der Waals surface area contributed by atoms with E-state index in [0.717, 1.165) is 18.7 Å². The highest BCUT2D eigenvalue weighted by molar-refractivity contribution is 7.17. The average molecular weight is 239 g/mol. The molecule has 0 spiro atoms. The quantitative estimate of drug-likeness (QED) is 0.844. The molecule has 0 aliphatic heterocycles. The fraction of sp³-hybridized carbons (Fsp3) is 0.636. The number of hydrogen-bond acceptors (Lipinski definition) is 4. The summed E-state index contributed by atoms with van der Waals surface area (Å²) in [5.74, 6) is -0.0357. The molecule has 0 unspecified atom stereocenters. The maximum Gasteiger partial charge on any atom is 0.263 e. The van der Waals surface area contributed by atoms with Crippen molar-refractivity contribution in [3.05, 3.63) is 10.6 Å². The first-order valence-electron chi connectivity index (χ1n) is 5.57. The number of nitrogens with two attached hydrogens (primary N) is 1. The summed E-state index contributed by atoms with van der Waals surface area (Å²) in [4.78, 5) is 16.6. The van der Waals surface area contributed by atoms with Crippen LogP contribution in [-0.4, -0.2) is 17.4 Å². The number of nitrogens with one attached hydrogen (secondary N) is 1. The smallest absolute Gasteiger partial charge is 0.263 e. The Morgan fingerprint density at radius 1 is 1.62 bits per heavy atom. The molecule has 1 amide bonds. The first-order chi connectivity index (χ1) is 7.56. The van der Waals surface area contributed by atoms with E-state index in [1.807, 2.05) is 6.92 Å². The minimum atomic E-state index is -0.0357. The summed E-state index contributed by atoms with van der Waals surface area (Å²) in [6.07, 6.45) is 3.60. The van der Waals surface area contributed by atoms with Crippen LogP contribution in [-0.2, 0) is 0 Å². The van der Waals surface area contributed by atoms with Gasteiger partial charge in [-0.1, -0.05) is 18.3 Å². The van der Waals surface area contributed by atoms with Gasteiger partial charge in [-0.2, -0.15) is 0 Å². The van der Waals surface area contributed by atoms with Gasteiger partial charge in [-0.25, -0.2) is 4.98 Å². The Bertz CT molecular complexity index is 409. The molecular formula is C11H17N3OS. The Kier molecular flexibility index (Phi) is 2.88. The molecule has 0 atom stereocenters. The van der Waals surface area contributed by atoms with E-state index in [1.165, 1.54) is 24.2 Å². The lowest BCUT2D eigenvalue weighted by atomic mass is 10.0. The molecular weight excluding hydrogens is 222 g/mol. The van der Waals surface area contributed by atoms with E-state index in [0.29, 0.717) is 15.4 Å². The number of carbonyl (C=O) groups is 1. The van der Waals surface area contributed by atoms with Crippen LogP contribution in [0, 0.1) is 12.3 Å². The number of thiazole rings is 1. The zero-order chi connectivity index (χ0) is 11.8. The Morgan fingerprint density at radius 2 is 2.31 bits per heavy atom. The number of rotatable bonds is 4. The number of anilines is 1. The van der Waals surface area contributed by atoms with Crippen LogP contribution < -0.4 is 11.1 Å². The number of hydrogen-bond donors (Lipinski definition) is 2. The molecule has 88 valence electrons. The summed E-state index contributed by atoms with van der Waals surface area (Å²) in [6, 6.07) is 0. The fourth-order valence-electron chi connectivity index (χ4n) is 1.81. The monoisotopic (exact) mass is 239 g/mol. The average Bonchev–Trinajstić information content (AvgIpc) is 2.96. The molecule has 1 aliphatic carbocycles. The third-order valence-corrected chi connectivity index (χ3v) is 4.34.